The summed E-state index contributed by atoms with van der Waals surface area (Å²) in [6, 6.07) is 14.4. The smallest absolute Gasteiger partial charge is 0.251 e. The van der Waals surface area contributed by atoms with E-state index in [9.17, 15) is 14.0 Å². The maximum atomic E-state index is 14.3. The highest BCUT2D eigenvalue weighted by Crippen LogP contribution is 2.37. The molecule has 1 atom stereocenters. The van der Waals surface area contributed by atoms with Gasteiger partial charge >= 0.3 is 0 Å². The Bertz CT molecular complexity index is 1450. The van der Waals surface area contributed by atoms with Crippen molar-refractivity contribution in [2.75, 3.05) is 12.0 Å². The SMILES string of the molecule is COc1ccc(C)cc1N(C(=O)Cn1nnc(-c2ccccc2F)n1)C(C(=O)NC1CCCC1)c1cccs1. The molecular weight excluding hydrogens is 519 g/mol. The number of thiophene rings is 1. The van der Waals surface area contributed by atoms with Crippen molar-refractivity contribution in [3.05, 3.63) is 76.2 Å². The molecule has 4 aromatic rings. The van der Waals surface area contributed by atoms with Crippen molar-refractivity contribution in [1.82, 2.24) is 25.5 Å². The van der Waals surface area contributed by atoms with Crippen LogP contribution in [0.4, 0.5) is 10.1 Å². The predicted molar refractivity (Wildman–Crippen MR) is 146 cm³/mol. The van der Waals surface area contributed by atoms with Crippen LogP contribution in [0.15, 0.2) is 60.0 Å². The van der Waals surface area contributed by atoms with Crippen LogP contribution in [0.25, 0.3) is 11.4 Å². The van der Waals surface area contributed by atoms with E-state index in [0.717, 1.165) is 36.0 Å². The molecule has 0 bridgehead atoms. The summed E-state index contributed by atoms with van der Waals surface area (Å²) in [6.07, 6.45) is 3.94. The van der Waals surface area contributed by atoms with Crippen molar-refractivity contribution in [2.45, 2.75) is 51.2 Å². The summed E-state index contributed by atoms with van der Waals surface area (Å²) in [5, 5.41) is 17.2. The average molecular weight is 549 g/mol. The fraction of sp³-hybridized carbons (Fsp3) is 0.321. The van der Waals surface area contributed by atoms with Crippen LogP contribution in [0.5, 0.6) is 5.75 Å². The van der Waals surface area contributed by atoms with Crippen molar-refractivity contribution >= 4 is 28.8 Å². The first kappa shape index (κ1) is 26.5. The van der Waals surface area contributed by atoms with E-state index in [4.69, 9.17) is 4.74 Å². The van der Waals surface area contributed by atoms with Gasteiger partial charge in [0.15, 0.2) is 0 Å². The van der Waals surface area contributed by atoms with Crippen LogP contribution in [-0.2, 0) is 16.1 Å². The van der Waals surface area contributed by atoms with Crippen molar-refractivity contribution in [1.29, 1.82) is 0 Å². The van der Waals surface area contributed by atoms with Gasteiger partial charge in [-0.15, -0.1) is 21.5 Å². The van der Waals surface area contributed by atoms with Gasteiger partial charge in [0.05, 0.1) is 18.4 Å². The standard InChI is InChI=1S/C28H29FN6O3S/c1-18-13-14-23(38-2)22(16-18)35(26(24-12-7-15-39-24)28(37)30-19-8-3-4-9-19)25(36)17-34-32-27(31-33-34)20-10-5-6-11-21(20)29/h5-7,10-16,19,26H,3-4,8-9,17H2,1-2H3,(H,30,37). The number of rotatable bonds is 9. The Labute approximate surface area is 229 Å². The summed E-state index contributed by atoms with van der Waals surface area (Å²) in [7, 11) is 1.52. The number of aromatic nitrogens is 4. The summed E-state index contributed by atoms with van der Waals surface area (Å²) >= 11 is 1.40. The van der Waals surface area contributed by atoms with Gasteiger partial charge in [0, 0.05) is 10.9 Å². The number of halogens is 1. The summed E-state index contributed by atoms with van der Waals surface area (Å²) in [5.41, 5.74) is 1.53. The number of anilines is 1. The fourth-order valence-corrected chi connectivity index (χ4v) is 5.65. The molecule has 2 heterocycles. The zero-order valence-corrected chi connectivity index (χ0v) is 22.5. The number of ether oxygens (including phenoxy) is 1. The van der Waals surface area contributed by atoms with Crippen molar-refractivity contribution in [2.24, 2.45) is 0 Å². The van der Waals surface area contributed by atoms with E-state index in [1.807, 2.05) is 36.6 Å². The highest BCUT2D eigenvalue weighted by Gasteiger charge is 2.36. The van der Waals surface area contributed by atoms with E-state index in [1.54, 1.807) is 24.3 Å². The lowest BCUT2D eigenvalue weighted by molar-refractivity contribution is -0.127. The summed E-state index contributed by atoms with van der Waals surface area (Å²) < 4.78 is 19.9. The summed E-state index contributed by atoms with van der Waals surface area (Å²) in [4.78, 5) is 31.2. The molecule has 1 fully saturated rings. The molecule has 0 radical (unpaired) electrons. The zero-order chi connectivity index (χ0) is 27.4. The van der Waals surface area contributed by atoms with E-state index in [0.29, 0.717) is 16.3 Å². The van der Waals surface area contributed by atoms with Gasteiger partial charge in [-0.05, 0) is 66.3 Å². The summed E-state index contributed by atoms with van der Waals surface area (Å²) in [5.74, 6) is -0.691. The number of methoxy groups -OCH3 is 1. The molecule has 39 heavy (non-hydrogen) atoms. The molecular formula is C28H29FN6O3S. The quantitative estimate of drug-likeness (QED) is 0.326. The molecule has 0 saturated heterocycles. The van der Waals surface area contributed by atoms with Crippen molar-refractivity contribution < 1.29 is 18.7 Å². The number of aryl methyl sites for hydroxylation is 1. The van der Waals surface area contributed by atoms with Gasteiger partial charge in [-0.25, -0.2) is 4.39 Å². The number of tetrazole rings is 1. The zero-order valence-electron chi connectivity index (χ0n) is 21.7. The Morgan fingerprint density at radius 3 is 2.69 bits per heavy atom. The third-order valence-electron chi connectivity index (χ3n) is 6.73. The number of benzene rings is 2. The molecule has 1 saturated carbocycles. The number of amides is 2. The Morgan fingerprint density at radius 2 is 1.97 bits per heavy atom. The minimum Gasteiger partial charge on any atom is -0.495 e. The third kappa shape index (κ3) is 5.83. The fourth-order valence-electron chi connectivity index (χ4n) is 4.83. The second-order valence-electron chi connectivity index (χ2n) is 9.47. The summed E-state index contributed by atoms with van der Waals surface area (Å²) in [6.45, 7) is 1.58. The second-order valence-corrected chi connectivity index (χ2v) is 10.4. The molecule has 1 N–H and O–H groups in total. The highest BCUT2D eigenvalue weighted by atomic mass is 32.1. The van der Waals surface area contributed by atoms with Crippen LogP contribution in [0.3, 0.4) is 0 Å². The van der Waals surface area contributed by atoms with E-state index in [-0.39, 0.29) is 29.9 Å². The van der Waals surface area contributed by atoms with Crippen molar-refractivity contribution in [3.8, 4) is 17.1 Å². The first-order valence-electron chi connectivity index (χ1n) is 12.8. The second kappa shape index (κ2) is 11.7. The number of nitrogens with one attached hydrogen (secondary N) is 1. The Hall–Kier alpha value is -4.12. The van der Waals surface area contributed by atoms with Gasteiger partial charge in [-0.2, -0.15) is 4.80 Å². The average Bonchev–Trinajstić information content (AvgIpc) is 3.71. The minimum atomic E-state index is -0.941. The number of hydrogen-bond acceptors (Lipinski definition) is 7. The minimum absolute atomic E-state index is 0.0642. The lowest BCUT2D eigenvalue weighted by Crippen LogP contribution is -2.47. The third-order valence-corrected chi connectivity index (χ3v) is 7.65. The Morgan fingerprint density at radius 1 is 1.18 bits per heavy atom. The molecule has 0 spiro atoms. The molecule has 202 valence electrons. The molecule has 1 unspecified atom stereocenters. The monoisotopic (exact) mass is 548 g/mol. The maximum absolute atomic E-state index is 14.3. The maximum Gasteiger partial charge on any atom is 0.251 e. The van der Waals surface area contributed by atoms with Gasteiger partial charge in [0.1, 0.15) is 24.2 Å². The molecule has 1 aliphatic carbocycles. The topological polar surface area (TPSA) is 102 Å². The van der Waals surface area contributed by atoms with Crippen LogP contribution >= 0.6 is 11.3 Å². The Balaban J connectivity index is 1.53. The predicted octanol–water partition coefficient (Wildman–Crippen LogP) is 4.69. The van der Waals surface area contributed by atoms with E-state index >= 15 is 0 Å². The van der Waals surface area contributed by atoms with Crippen LogP contribution in [0.1, 0.15) is 42.2 Å². The number of hydrogen-bond donors (Lipinski definition) is 1. The van der Waals surface area contributed by atoms with E-state index in [1.165, 1.54) is 29.4 Å². The molecule has 2 aromatic heterocycles. The van der Waals surface area contributed by atoms with Crippen LogP contribution in [-0.4, -0.2) is 45.2 Å². The van der Waals surface area contributed by atoms with Gasteiger partial charge < -0.3 is 10.1 Å². The molecule has 5 rings (SSSR count). The van der Waals surface area contributed by atoms with Crippen molar-refractivity contribution in [3.63, 3.8) is 0 Å². The molecule has 0 aliphatic heterocycles. The normalized spacial score (nSPS) is 14.2. The molecule has 2 amide bonds. The molecule has 9 nitrogen and oxygen atoms in total. The molecule has 11 heteroatoms. The van der Waals surface area contributed by atoms with Crippen LogP contribution in [0, 0.1) is 12.7 Å². The lowest BCUT2D eigenvalue weighted by atomic mass is 10.1. The highest BCUT2D eigenvalue weighted by molar-refractivity contribution is 7.10. The van der Waals surface area contributed by atoms with Gasteiger partial charge in [-0.1, -0.05) is 37.1 Å². The van der Waals surface area contributed by atoms with E-state index in [2.05, 4.69) is 20.7 Å². The first-order valence-corrected chi connectivity index (χ1v) is 13.7. The largest absolute Gasteiger partial charge is 0.495 e. The van der Waals surface area contributed by atoms with Crippen LogP contribution < -0.4 is 15.0 Å². The number of carbonyl (C=O) groups is 2. The van der Waals surface area contributed by atoms with Gasteiger partial charge in [0.25, 0.3) is 5.91 Å². The molecule has 2 aromatic carbocycles. The first-order chi connectivity index (χ1) is 18.9. The molecule has 1 aliphatic rings. The van der Waals surface area contributed by atoms with Gasteiger partial charge in [0.2, 0.25) is 11.7 Å². The Kier molecular flexibility index (Phi) is 7.97. The van der Waals surface area contributed by atoms with Gasteiger partial charge in [-0.3, -0.25) is 14.5 Å². The lowest BCUT2D eigenvalue weighted by Gasteiger charge is -2.32. The number of carbonyl (C=O) groups excluding carboxylic acids is 2. The van der Waals surface area contributed by atoms with Crippen LogP contribution in [0.2, 0.25) is 0 Å². The van der Waals surface area contributed by atoms with E-state index < -0.39 is 17.8 Å². The number of nitrogens with zero attached hydrogens (tertiary/aromatic N) is 5.